The van der Waals surface area contributed by atoms with Crippen molar-refractivity contribution < 1.29 is 4.39 Å². The van der Waals surface area contributed by atoms with E-state index in [1.54, 1.807) is 6.07 Å². The number of aromatic nitrogens is 2. The van der Waals surface area contributed by atoms with E-state index in [0.29, 0.717) is 17.5 Å². The summed E-state index contributed by atoms with van der Waals surface area (Å²) < 4.78 is 15.8. The maximum atomic E-state index is 13.8. The van der Waals surface area contributed by atoms with Gasteiger partial charge in [0.25, 0.3) is 0 Å². The summed E-state index contributed by atoms with van der Waals surface area (Å²) in [4.78, 5) is 4.21. The molecule has 4 heteroatoms. The molecule has 0 atom stereocenters. The second-order valence-electron chi connectivity index (χ2n) is 5.91. The van der Waals surface area contributed by atoms with E-state index in [-0.39, 0.29) is 5.82 Å². The van der Waals surface area contributed by atoms with Crippen LogP contribution < -0.4 is 5.73 Å². The predicted octanol–water partition coefficient (Wildman–Crippen LogP) is 4.29. The van der Waals surface area contributed by atoms with E-state index in [0.717, 1.165) is 24.3 Å². The maximum Gasteiger partial charge on any atom is 0.201 e. The Hall–Kier alpha value is -1.58. The molecule has 108 valence electrons. The van der Waals surface area contributed by atoms with Crippen molar-refractivity contribution in [2.75, 3.05) is 5.73 Å². The monoisotopic (exact) mass is 275 g/mol. The van der Waals surface area contributed by atoms with Crippen LogP contribution in [0.2, 0.25) is 0 Å². The van der Waals surface area contributed by atoms with Crippen LogP contribution in [0.15, 0.2) is 18.2 Å². The van der Waals surface area contributed by atoms with Crippen molar-refractivity contribution in [3.63, 3.8) is 0 Å². The third-order valence-corrected chi connectivity index (χ3v) is 4.58. The van der Waals surface area contributed by atoms with Crippen molar-refractivity contribution >= 4 is 17.0 Å². The summed E-state index contributed by atoms with van der Waals surface area (Å²) in [5.41, 5.74) is 7.27. The van der Waals surface area contributed by atoms with Gasteiger partial charge in [0, 0.05) is 6.04 Å². The molecular formula is C16H22FN3. The number of nitrogens with two attached hydrogens (primary N) is 1. The Morgan fingerprint density at radius 2 is 2.05 bits per heavy atom. The van der Waals surface area contributed by atoms with Crippen LogP contribution in [0.25, 0.3) is 11.0 Å². The molecule has 1 aromatic carbocycles. The average molecular weight is 275 g/mol. The van der Waals surface area contributed by atoms with E-state index in [2.05, 4.69) is 11.9 Å². The topological polar surface area (TPSA) is 43.8 Å². The van der Waals surface area contributed by atoms with Crippen LogP contribution in [0, 0.1) is 11.7 Å². The fraction of sp³-hybridized carbons (Fsp3) is 0.562. The van der Waals surface area contributed by atoms with Crippen LogP contribution in [0.3, 0.4) is 0 Å². The molecule has 1 aliphatic rings. The first kappa shape index (κ1) is 13.4. The van der Waals surface area contributed by atoms with Crippen molar-refractivity contribution in [3.05, 3.63) is 24.0 Å². The van der Waals surface area contributed by atoms with E-state index in [4.69, 9.17) is 5.73 Å². The van der Waals surface area contributed by atoms with Gasteiger partial charge in [0.05, 0.1) is 5.52 Å². The Labute approximate surface area is 119 Å². The fourth-order valence-corrected chi connectivity index (χ4v) is 3.58. The normalized spacial score (nSPS) is 23.3. The van der Waals surface area contributed by atoms with Crippen LogP contribution in [0.5, 0.6) is 0 Å². The molecule has 0 spiro atoms. The summed E-state index contributed by atoms with van der Waals surface area (Å²) in [6, 6.07) is 5.46. The van der Waals surface area contributed by atoms with Gasteiger partial charge in [-0.1, -0.05) is 25.8 Å². The number of hydrogen-bond acceptors (Lipinski definition) is 2. The van der Waals surface area contributed by atoms with E-state index in [9.17, 15) is 4.39 Å². The highest BCUT2D eigenvalue weighted by atomic mass is 19.1. The number of rotatable bonds is 3. The number of halogens is 1. The van der Waals surface area contributed by atoms with Crippen molar-refractivity contribution in [3.8, 4) is 0 Å². The van der Waals surface area contributed by atoms with Gasteiger partial charge in [-0.25, -0.2) is 9.37 Å². The second-order valence-corrected chi connectivity index (χ2v) is 5.91. The molecule has 1 aliphatic carbocycles. The molecule has 0 aliphatic heterocycles. The number of anilines is 1. The SMILES string of the molecule is CCCC1CCC(n2c(N)nc3c(F)cccc32)CC1. The lowest BCUT2D eigenvalue weighted by molar-refractivity contribution is 0.267. The van der Waals surface area contributed by atoms with E-state index >= 15 is 0 Å². The number of fused-ring (bicyclic) bond motifs is 1. The van der Waals surface area contributed by atoms with Crippen molar-refractivity contribution in [2.24, 2.45) is 5.92 Å². The zero-order valence-corrected chi connectivity index (χ0v) is 12.0. The Morgan fingerprint density at radius 1 is 1.30 bits per heavy atom. The fourth-order valence-electron chi connectivity index (χ4n) is 3.58. The zero-order chi connectivity index (χ0) is 14.1. The summed E-state index contributed by atoms with van der Waals surface area (Å²) in [6.45, 7) is 2.25. The van der Waals surface area contributed by atoms with E-state index < -0.39 is 0 Å². The molecule has 1 saturated carbocycles. The third-order valence-electron chi connectivity index (χ3n) is 4.58. The van der Waals surface area contributed by atoms with Gasteiger partial charge in [-0.15, -0.1) is 0 Å². The van der Waals surface area contributed by atoms with E-state index in [1.165, 1.54) is 31.7 Å². The largest absolute Gasteiger partial charge is 0.369 e. The van der Waals surface area contributed by atoms with Crippen LogP contribution >= 0.6 is 0 Å². The lowest BCUT2D eigenvalue weighted by Gasteiger charge is -2.30. The Morgan fingerprint density at radius 3 is 2.75 bits per heavy atom. The highest BCUT2D eigenvalue weighted by Gasteiger charge is 2.25. The van der Waals surface area contributed by atoms with Crippen LogP contribution in [-0.4, -0.2) is 9.55 Å². The van der Waals surface area contributed by atoms with Crippen molar-refractivity contribution in [1.29, 1.82) is 0 Å². The molecule has 1 fully saturated rings. The van der Waals surface area contributed by atoms with Crippen molar-refractivity contribution in [2.45, 2.75) is 51.5 Å². The lowest BCUT2D eigenvalue weighted by Crippen LogP contribution is -2.19. The summed E-state index contributed by atoms with van der Waals surface area (Å²) >= 11 is 0. The molecule has 3 nitrogen and oxygen atoms in total. The molecule has 0 saturated heterocycles. The maximum absolute atomic E-state index is 13.8. The average Bonchev–Trinajstić information content (AvgIpc) is 2.78. The van der Waals surface area contributed by atoms with E-state index in [1.807, 2.05) is 10.6 Å². The first-order valence-electron chi connectivity index (χ1n) is 7.62. The molecule has 1 aromatic heterocycles. The summed E-state index contributed by atoms with van der Waals surface area (Å²) in [5.74, 6) is 1.01. The number of hydrogen-bond donors (Lipinski definition) is 1. The smallest absolute Gasteiger partial charge is 0.201 e. The summed E-state index contributed by atoms with van der Waals surface area (Å²) in [7, 11) is 0. The van der Waals surface area contributed by atoms with Gasteiger partial charge in [-0.3, -0.25) is 0 Å². The quantitative estimate of drug-likeness (QED) is 0.908. The third kappa shape index (κ3) is 2.28. The molecule has 3 rings (SSSR count). The van der Waals surface area contributed by atoms with Gasteiger partial charge in [0.2, 0.25) is 5.95 Å². The molecule has 0 radical (unpaired) electrons. The zero-order valence-electron chi connectivity index (χ0n) is 12.0. The minimum Gasteiger partial charge on any atom is -0.369 e. The predicted molar refractivity (Wildman–Crippen MR) is 80.0 cm³/mol. The number of para-hydroxylation sites is 1. The van der Waals surface area contributed by atoms with Crippen molar-refractivity contribution in [1.82, 2.24) is 9.55 Å². The van der Waals surface area contributed by atoms with Crippen LogP contribution in [0.1, 0.15) is 51.5 Å². The van der Waals surface area contributed by atoms with Gasteiger partial charge in [-0.05, 0) is 43.7 Å². The highest BCUT2D eigenvalue weighted by molar-refractivity contribution is 5.79. The van der Waals surface area contributed by atoms with Gasteiger partial charge in [0.15, 0.2) is 5.82 Å². The number of benzene rings is 1. The number of imidazole rings is 1. The Bertz CT molecular complexity index is 597. The van der Waals surface area contributed by atoms with Crippen LogP contribution in [-0.2, 0) is 0 Å². The first-order valence-corrected chi connectivity index (χ1v) is 7.62. The molecule has 1 heterocycles. The lowest BCUT2D eigenvalue weighted by atomic mass is 9.83. The molecule has 0 unspecified atom stereocenters. The second kappa shape index (κ2) is 5.43. The molecule has 0 amide bonds. The van der Waals surface area contributed by atoms with Crippen LogP contribution in [0.4, 0.5) is 10.3 Å². The number of nitrogen functional groups attached to an aromatic ring is 1. The molecule has 2 aromatic rings. The Kier molecular flexibility index (Phi) is 3.64. The molecule has 0 bridgehead atoms. The van der Waals surface area contributed by atoms with Gasteiger partial charge in [-0.2, -0.15) is 0 Å². The standard InChI is InChI=1S/C16H22FN3/c1-2-4-11-7-9-12(10-8-11)20-14-6-3-5-13(17)15(14)19-16(20)18/h3,5-6,11-12H,2,4,7-10H2,1H3,(H2,18,19). The molecule has 2 N–H and O–H groups in total. The van der Waals surface area contributed by atoms with Gasteiger partial charge < -0.3 is 10.3 Å². The minimum absolute atomic E-state index is 0.285. The summed E-state index contributed by atoms with van der Waals surface area (Å²) in [6.07, 6.45) is 7.31. The molecule has 20 heavy (non-hydrogen) atoms. The minimum atomic E-state index is -0.285. The summed E-state index contributed by atoms with van der Waals surface area (Å²) in [5, 5.41) is 0. The van der Waals surface area contributed by atoms with Gasteiger partial charge in [0.1, 0.15) is 5.52 Å². The molecular weight excluding hydrogens is 253 g/mol. The highest BCUT2D eigenvalue weighted by Crippen LogP contribution is 2.37. The number of nitrogens with zero attached hydrogens (tertiary/aromatic N) is 2. The Balaban J connectivity index is 1.88. The first-order chi connectivity index (χ1) is 9.70. The van der Waals surface area contributed by atoms with Gasteiger partial charge >= 0.3 is 0 Å².